The van der Waals surface area contributed by atoms with Gasteiger partial charge in [0.1, 0.15) is 0 Å². The molecule has 0 aliphatic carbocycles. The summed E-state index contributed by atoms with van der Waals surface area (Å²) in [6, 6.07) is 0.590. The van der Waals surface area contributed by atoms with Crippen molar-refractivity contribution in [1.82, 2.24) is 9.55 Å². The molecule has 1 heterocycles. The third-order valence-corrected chi connectivity index (χ3v) is 1.62. The second kappa shape index (κ2) is 6.71. The first-order valence-electron chi connectivity index (χ1n) is 3.46. The van der Waals surface area contributed by atoms with Crippen molar-refractivity contribution in [2.45, 2.75) is 26.3 Å². The Bertz CT molecular complexity index is 165. The van der Waals surface area contributed by atoms with Crippen LogP contribution in [0.5, 0.6) is 0 Å². The van der Waals surface area contributed by atoms with Gasteiger partial charge in [-0.1, -0.05) is 6.92 Å². The molecular formula is C7H12ClMnN2. The summed E-state index contributed by atoms with van der Waals surface area (Å²) in [5.41, 5.74) is 0. The molecule has 4 heteroatoms. The van der Waals surface area contributed by atoms with Gasteiger partial charge in [-0.2, -0.15) is 0 Å². The van der Waals surface area contributed by atoms with E-state index < -0.39 is 0 Å². The van der Waals surface area contributed by atoms with Crippen molar-refractivity contribution in [1.29, 1.82) is 0 Å². The third kappa shape index (κ3) is 3.80. The number of hydrogen-bond donors (Lipinski definition) is 0. The van der Waals surface area contributed by atoms with Crippen LogP contribution in [0.3, 0.4) is 0 Å². The van der Waals surface area contributed by atoms with Crippen molar-refractivity contribution in [3.05, 3.63) is 18.7 Å². The summed E-state index contributed by atoms with van der Waals surface area (Å²) < 4.78 is 2.11. The van der Waals surface area contributed by atoms with Gasteiger partial charge in [0.05, 0.1) is 6.33 Å². The molecule has 0 radical (unpaired) electrons. The topological polar surface area (TPSA) is 17.8 Å². The van der Waals surface area contributed by atoms with E-state index in [9.17, 15) is 0 Å². The predicted octanol–water partition coefficient (Wildman–Crippen LogP) is 2.54. The zero-order valence-corrected chi connectivity index (χ0v) is 8.60. The fourth-order valence-corrected chi connectivity index (χ4v) is 0.741. The van der Waals surface area contributed by atoms with Crippen LogP contribution < -0.4 is 0 Å². The number of rotatable bonds is 2. The number of halogens is 1. The Labute approximate surface area is 80.0 Å². The number of imidazole rings is 1. The molecule has 0 N–H and O–H groups in total. The van der Waals surface area contributed by atoms with E-state index in [1.54, 1.807) is 0 Å². The van der Waals surface area contributed by atoms with Crippen LogP contribution in [-0.4, -0.2) is 9.55 Å². The molecule has 1 unspecified atom stereocenters. The number of nitrogens with zero attached hydrogens (tertiary/aromatic N) is 2. The first-order valence-corrected chi connectivity index (χ1v) is 5.08. The molecule has 0 aliphatic heterocycles. The zero-order valence-electron chi connectivity index (χ0n) is 6.67. The van der Waals surface area contributed by atoms with Crippen molar-refractivity contribution in [2.24, 2.45) is 0 Å². The first-order chi connectivity index (χ1) is 5.34. The molecule has 64 valence electrons. The standard InChI is InChI=1S/C7H12N2.ClH.Mn/c1-3-7(2)9-5-4-8-6-9;;/h4-7H,3H2,1-2H3;1H;/q;;+1/p-1. The van der Waals surface area contributed by atoms with Crippen LogP contribution in [0.15, 0.2) is 18.7 Å². The molecule has 0 saturated carbocycles. The summed E-state index contributed by atoms with van der Waals surface area (Å²) in [5.74, 6) is 0. The average molecular weight is 215 g/mol. The Morgan fingerprint density at radius 1 is 1.64 bits per heavy atom. The van der Waals surface area contributed by atoms with Crippen molar-refractivity contribution in [2.75, 3.05) is 0 Å². The maximum atomic E-state index is 4.45. The quantitative estimate of drug-likeness (QED) is 0.692. The van der Waals surface area contributed by atoms with Crippen molar-refractivity contribution in [3.8, 4) is 0 Å². The second-order valence-electron chi connectivity index (χ2n) is 2.27. The molecule has 0 aromatic carbocycles. The molecule has 1 atom stereocenters. The van der Waals surface area contributed by atoms with E-state index in [-0.39, 0.29) is 0 Å². The number of aromatic nitrogens is 2. The van der Waals surface area contributed by atoms with Crippen LogP contribution in [0.1, 0.15) is 26.3 Å². The summed E-state index contributed by atoms with van der Waals surface area (Å²) in [5, 5.41) is 0. The van der Waals surface area contributed by atoms with Gasteiger partial charge >= 0.3 is 25.2 Å². The molecule has 0 saturated heterocycles. The summed E-state index contributed by atoms with van der Waals surface area (Å²) in [6.45, 7) is 4.35. The minimum absolute atomic E-state index is 0.590. The van der Waals surface area contributed by atoms with Crippen molar-refractivity contribution >= 4 is 10.1 Å². The Balaban J connectivity index is 0.000000461. The van der Waals surface area contributed by atoms with E-state index >= 15 is 0 Å². The van der Waals surface area contributed by atoms with Crippen LogP contribution >= 0.6 is 10.1 Å². The molecule has 0 spiro atoms. The van der Waals surface area contributed by atoms with E-state index in [1.807, 2.05) is 18.7 Å². The molecule has 1 rings (SSSR count). The molecule has 0 amide bonds. The van der Waals surface area contributed by atoms with Gasteiger partial charge in [-0.15, -0.1) is 0 Å². The summed E-state index contributed by atoms with van der Waals surface area (Å²) in [7, 11) is 4.45. The fraction of sp³-hybridized carbons (Fsp3) is 0.571. The Morgan fingerprint density at radius 2 is 2.27 bits per heavy atom. The van der Waals surface area contributed by atoms with Gasteiger partial charge in [0, 0.05) is 18.4 Å². The van der Waals surface area contributed by atoms with Crippen LogP contribution in [0.2, 0.25) is 0 Å². The normalized spacial score (nSPS) is 11.6. The summed E-state index contributed by atoms with van der Waals surface area (Å²) in [6.07, 6.45) is 6.82. The fourth-order valence-electron chi connectivity index (χ4n) is 0.741. The first kappa shape index (κ1) is 11.0. The van der Waals surface area contributed by atoms with Gasteiger partial charge in [0.15, 0.2) is 0 Å². The van der Waals surface area contributed by atoms with Gasteiger partial charge in [-0.25, -0.2) is 4.98 Å². The van der Waals surface area contributed by atoms with Gasteiger partial charge in [-0.05, 0) is 13.3 Å². The Kier molecular flexibility index (Phi) is 6.72. The van der Waals surface area contributed by atoms with Crippen LogP contribution in [0.25, 0.3) is 0 Å². The third-order valence-electron chi connectivity index (χ3n) is 1.62. The molecule has 2 nitrogen and oxygen atoms in total. The maximum absolute atomic E-state index is 4.45. The van der Waals surface area contributed by atoms with Gasteiger partial charge in [0.2, 0.25) is 0 Å². The van der Waals surface area contributed by atoms with Crippen LogP contribution in [-0.2, 0) is 15.1 Å². The van der Waals surface area contributed by atoms with Gasteiger partial charge < -0.3 is 4.57 Å². The van der Waals surface area contributed by atoms with Crippen molar-refractivity contribution in [3.63, 3.8) is 0 Å². The molecular weight excluding hydrogens is 202 g/mol. The molecule has 0 bridgehead atoms. The van der Waals surface area contributed by atoms with Gasteiger partial charge in [-0.3, -0.25) is 0 Å². The molecule has 0 fully saturated rings. The van der Waals surface area contributed by atoms with E-state index in [2.05, 4.69) is 48.6 Å². The van der Waals surface area contributed by atoms with Gasteiger partial charge in [0.25, 0.3) is 0 Å². The average Bonchev–Trinajstić information content (AvgIpc) is 2.59. The molecule has 1 aromatic rings. The Morgan fingerprint density at radius 3 is 2.64 bits per heavy atom. The Hall–Kier alpha value is 0.0195. The van der Waals surface area contributed by atoms with E-state index in [0.717, 1.165) is 6.42 Å². The van der Waals surface area contributed by atoms with E-state index in [0.29, 0.717) is 6.04 Å². The number of hydrogen-bond acceptors (Lipinski definition) is 1. The molecule has 11 heavy (non-hydrogen) atoms. The summed E-state index contributed by atoms with van der Waals surface area (Å²) in [4.78, 5) is 3.95. The molecule has 1 aromatic heterocycles. The summed E-state index contributed by atoms with van der Waals surface area (Å²) >= 11 is 2.41. The SMILES string of the molecule is CCC(C)n1ccnc1.[Cl][Mn]. The zero-order chi connectivity index (χ0) is 8.69. The van der Waals surface area contributed by atoms with Crippen LogP contribution in [0.4, 0.5) is 0 Å². The van der Waals surface area contributed by atoms with E-state index in [4.69, 9.17) is 0 Å². The second-order valence-corrected chi connectivity index (χ2v) is 2.27. The minimum atomic E-state index is 0.590. The van der Waals surface area contributed by atoms with E-state index in [1.165, 1.54) is 0 Å². The van der Waals surface area contributed by atoms with Crippen LogP contribution in [0, 0.1) is 0 Å². The predicted molar refractivity (Wildman–Crippen MR) is 43.1 cm³/mol. The van der Waals surface area contributed by atoms with Crippen molar-refractivity contribution < 1.29 is 15.1 Å². The molecule has 0 aliphatic rings. The monoisotopic (exact) mass is 214 g/mol.